The molecule has 0 aliphatic heterocycles. The molecule has 3 N–H and O–H groups in total. The fraction of sp³-hybridized carbons (Fsp3) is 0.600. The van der Waals surface area contributed by atoms with Gasteiger partial charge >= 0.3 is 5.97 Å². The first kappa shape index (κ1) is 10.8. The summed E-state index contributed by atoms with van der Waals surface area (Å²) in [6.07, 6.45) is -1.91. The van der Waals surface area contributed by atoms with Crippen molar-refractivity contribution in [3.05, 3.63) is 0 Å². The van der Waals surface area contributed by atoms with Gasteiger partial charge in [-0.1, -0.05) is 0 Å². The van der Waals surface area contributed by atoms with Gasteiger partial charge < -0.3 is 24.8 Å². The third-order valence-corrected chi connectivity index (χ3v) is 1.03. The zero-order valence-corrected chi connectivity index (χ0v) is 5.91. The maximum Gasteiger partial charge on any atom is 0.403 e. The Hall–Kier alpha value is -1.18. The van der Waals surface area contributed by atoms with Gasteiger partial charge in [0.1, 0.15) is 0 Å². The maximum absolute atomic E-state index is 9.74. The minimum atomic E-state index is -2.82. The van der Waals surface area contributed by atoms with Crippen LogP contribution in [0.15, 0.2) is 0 Å². The zero-order chi connectivity index (χ0) is 9.61. The quantitative estimate of drug-likeness (QED) is 0.301. The van der Waals surface area contributed by atoms with Crippen LogP contribution in [0, 0.1) is 0 Å². The average molecular weight is 180 g/mol. The Morgan fingerprint density at radius 2 is 1.75 bits per heavy atom. The van der Waals surface area contributed by atoms with Crippen molar-refractivity contribution in [3.8, 4) is 0 Å². The Morgan fingerprint density at radius 1 is 1.33 bits per heavy atom. The van der Waals surface area contributed by atoms with Gasteiger partial charge in [-0.2, -0.15) is 0 Å². The smallest absolute Gasteiger partial charge is 0.398 e. The number of carbonyl (C=O) groups is 2. The second-order valence-electron chi connectivity index (χ2n) is 1.76. The van der Waals surface area contributed by atoms with E-state index in [-0.39, 0.29) is 12.9 Å². The largest absolute Gasteiger partial charge is 0.403 e. The second kappa shape index (κ2) is 4.65. The molecule has 0 spiro atoms. The standard InChI is InChI=1S/C5H8O7/c6-1-4(9)5(10,11-2-7)12-3-8/h2-4,6,9-10H,1H2. The van der Waals surface area contributed by atoms with E-state index in [0.717, 1.165) is 0 Å². The van der Waals surface area contributed by atoms with Gasteiger partial charge in [0, 0.05) is 0 Å². The van der Waals surface area contributed by atoms with Crippen LogP contribution in [0.1, 0.15) is 0 Å². The SMILES string of the molecule is O=COC(O)(OC=O)C(O)CO. The normalized spacial score (nSPS) is 13.2. The molecule has 0 aliphatic carbocycles. The van der Waals surface area contributed by atoms with Crippen molar-refractivity contribution in [2.75, 3.05) is 6.61 Å². The van der Waals surface area contributed by atoms with Crippen LogP contribution in [0.3, 0.4) is 0 Å². The summed E-state index contributed by atoms with van der Waals surface area (Å²) in [4.78, 5) is 19.5. The van der Waals surface area contributed by atoms with Crippen LogP contribution < -0.4 is 0 Å². The van der Waals surface area contributed by atoms with Crippen molar-refractivity contribution in [1.29, 1.82) is 0 Å². The molecule has 0 aromatic rings. The lowest BCUT2D eigenvalue weighted by molar-refractivity contribution is -0.354. The van der Waals surface area contributed by atoms with Crippen LogP contribution in [0.4, 0.5) is 0 Å². The molecule has 0 aliphatic rings. The van der Waals surface area contributed by atoms with E-state index in [1.165, 1.54) is 0 Å². The predicted octanol–water partition coefficient (Wildman–Crippen LogP) is -2.67. The second-order valence-corrected chi connectivity index (χ2v) is 1.76. The molecular weight excluding hydrogens is 172 g/mol. The van der Waals surface area contributed by atoms with Crippen LogP contribution in [0.5, 0.6) is 0 Å². The topological polar surface area (TPSA) is 113 Å². The first-order valence-corrected chi connectivity index (χ1v) is 2.85. The van der Waals surface area contributed by atoms with Crippen molar-refractivity contribution in [1.82, 2.24) is 0 Å². The van der Waals surface area contributed by atoms with E-state index in [9.17, 15) is 9.59 Å². The minimum Gasteiger partial charge on any atom is -0.398 e. The van der Waals surface area contributed by atoms with E-state index < -0.39 is 18.7 Å². The molecule has 1 unspecified atom stereocenters. The van der Waals surface area contributed by atoms with Crippen LogP contribution in [-0.4, -0.2) is 46.9 Å². The molecule has 0 heterocycles. The lowest BCUT2D eigenvalue weighted by Crippen LogP contribution is -2.48. The van der Waals surface area contributed by atoms with E-state index >= 15 is 0 Å². The summed E-state index contributed by atoms with van der Waals surface area (Å²) < 4.78 is 7.67. The molecule has 1 atom stereocenters. The summed E-state index contributed by atoms with van der Waals surface area (Å²) >= 11 is 0. The Bertz CT molecular complexity index is 146. The number of aliphatic hydroxyl groups is 3. The van der Waals surface area contributed by atoms with Crippen LogP contribution >= 0.6 is 0 Å². The average Bonchev–Trinajstić information content (AvgIpc) is 2.04. The summed E-state index contributed by atoms with van der Waals surface area (Å²) in [5.74, 6) is -2.82. The van der Waals surface area contributed by atoms with Gasteiger partial charge in [-0.3, -0.25) is 9.59 Å². The molecule has 0 radical (unpaired) electrons. The molecule has 0 amide bonds. The first-order valence-electron chi connectivity index (χ1n) is 2.85. The van der Waals surface area contributed by atoms with Gasteiger partial charge in [0.15, 0.2) is 6.10 Å². The van der Waals surface area contributed by atoms with E-state index in [4.69, 9.17) is 15.3 Å². The Balaban J connectivity index is 4.34. The number of carbonyl (C=O) groups excluding carboxylic acids is 2. The lowest BCUT2D eigenvalue weighted by Gasteiger charge is -2.26. The van der Waals surface area contributed by atoms with Gasteiger partial charge in [0.25, 0.3) is 12.9 Å². The zero-order valence-electron chi connectivity index (χ0n) is 5.91. The monoisotopic (exact) mass is 180 g/mol. The molecule has 0 saturated heterocycles. The summed E-state index contributed by atoms with van der Waals surface area (Å²) in [6, 6.07) is 0. The maximum atomic E-state index is 9.74. The minimum absolute atomic E-state index is 0.234. The summed E-state index contributed by atoms with van der Waals surface area (Å²) in [5.41, 5.74) is 0. The van der Waals surface area contributed by atoms with E-state index in [1.807, 2.05) is 0 Å². The molecule has 0 bridgehead atoms. The molecule has 0 aromatic heterocycles. The Labute approximate surface area is 67.1 Å². The fourth-order valence-corrected chi connectivity index (χ4v) is 0.438. The highest BCUT2D eigenvalue weighted by Gasteiger charge is 2.40. The van der Waals surface area contributed by atoms with E-state index in [2.05, 4.69) is 9.47 Å². The number of ether oxygens (including phenoxy) is 2. The van der Waals surface area contributed by atoms with E-state index in [0.29, 0.717) is 0 Å². The number of rotatable bonds is 6. The van der Waals surface area contributed by atoms with Gasteiger partial charge in [-0.15, -0.1) is 0 Å². The molecule has 0 aromatic carbocycles. The fourth-order valence-electron chi connectivity index (χ4n) is 0.438. The summed E-state index contributed by atoms with van der Waals surface area (Å²) in [5, 5.41) is 26.1. The highest BCUT2D eigenvalue weighted by molar-refractivity contribution is 5.41. The van der Waals surface area contributed by atoms with Crippen molar-refractivity contribution in [2.45, 2.75) is 12.1 Å². The van der Waals surface area contributed by atoms with Gasteiger partial charge in [-0.25, -0.2) is 0 Å². The van der Waals surface area contributed by atoms with Gasteiger partial charge in [-0.05, 0) is 0 Å². The van der Waals surface area contributed by atoms with Crippen molar-refractivity contribution in [3.63, 3.8) is 0 Å². The molecular formula is C5H8O7. The highest BCUT2D eigenvalue weighted by atomic mass is 16.8. The first-order chi connectivity index (χ1) is 5.60. The van der Waals surface area contributed by atoms with Gasteiger partial charge in [0.05, 0.1) is 6.61 Å². The van der Waals surface area contributed by atoms with E-state index in [1.54, 1.807) is 0 Å². The molecule has 70 valence electrons. The van der Waals surface area contributed by atoms with Crippen molar-refractivity contribution in [2.24, 2.45) is 0 Å². The molecule has 0 rings (SSSR count). The van der Waals surface area contributed by atoms with Crippen LogP contribution in [-0.2, 0) is 19.1 Å². The third kappa shape index (κ3) is 2.46. The predicted molar refractivity (Wildman–Crippen MR) is 32.3 cm³/mol. The molecule has 0 saturated carbocycles. The van der Waals surface area contributed by atoms with Crippen LogP contribution in [0.25, 0.3) is 0 Å². The molecule has 0 fully saturated rings. The molecule has 7 nitrogen and oxygen atoms in total. The highest BCUT2D eigenvalue weighted by Crippen LogP contribution is 2.11. The van der Waals surface area contributed by atoms with Gasteiger partial charge in [0.2, 0.25) is 0 Å². The Kier molecular flexibility index (Phi) is 4.19. The van der Waals surface area contributed by atoms with Crippen LogP contribution in [0.2, 0.25) is 0 Å². The third-order valence-electron chi connectivity index (χ3n) is 1.03. The summed E-state index contributed by atoms with van der Waals surface area (Å²) in [7, 11) is 0. The van der Waals surface area contributed by atoms with Crippen molar-refractivity contribution < 1.29 is 34.4 Å². The molecule has 7 heteroatoms. The Morgan fingerprint density at radius 3 is 2.00 bits per heavy atom. The van der Waals surface area contributed by atoms with Crippen molar-refractivity contribution >= 4 is 12.9 Å². The molecule has 12 heavy (non-hydrogen) atoms. The number of hydrogen-bond donors (Lipinski definition) is 3. The lowest BCUT2D eigenvalue weighted by atomic mass is 10.3. The number of aliphatic hydroxyl groups excluding tert-OH is 2. The summed E-state index contributed by atoms with van der Waals surface area (Å²) in [6.45, 7) is -1.40. The number of hydrogen-bond acceptors (Lipinski definition) is 7.